The van der Waals surface area contributed by atoms with Gasteiger partial charge in [-0.2, -0.15) is 0 Å². The first-order valence-electron chi connectivity index (χ1n) is 13.5. The van der Waals surface area contributed by atoms with Gasteiger partial charge in [-0.05, 0) is 23.6 Å². The first-order chi connectivity index (χ1) is 19.7. The number of hydrogen-bond acceptors (Lipinski definition) is 4. The zero-order valence-corrected chi connectivity index (χ0v) is 23.6. The third-order valence-electron chi connectivity index (χ3n) is 6.61. The van der Waals surface area contributed by atoms with Gasteiger partial charge in [0.2, 0.25) is 18.6 Å². The van der Waals surface area contributed by atoms with Crippen molar-refractivity contribution < 1.29 is 28.6 Å². The van der Waals surface area contributed by atoms with Gasteiger partial charge in [-0.15, -0.1) is 0 Å². The number of benzene rings is 1. The number of pyridine rings is 1. The van der Waals surface area contributed by atoms with E-state index in [1.165, 1.54) is 0 Å². The van der Waals surface area contributed by atoms with Crippen LogP contribution in [-0.2, 0) is 47.5 Å². The maximum absolute atomic E-state index is 13.1. The summed E-state index contributed by atoms with van der Waals surface area (Å²) in [5.41, 5.74) is 2.69. The van der Waals surface area contributed by atoms with Crippen molar-refractivity contribution in [2.45, 2.75) is 52.0 Å². The minimum atomic E-state index is -1.12. The Labute approximate surface area is 239 Å². The van der Waals surface area contributed by atoms with Crippen LogP contribution in [0.3, 0.4) is 0 Å². The van der Waals surface area contributed by atoms with E-state index >= 15 is 0 Å². The van der Waals surface area contributed by atoms with Crippen molar-refractivity contribution in [2.75, 3.05) is 0 Å². The van der Waals surface area contributed by atoms with E-state index in [2.05, 4.69) is 15.2 Å². The Bertz CT molecular complexity index is 1480. The molecule has 4 rings (SSSR count). The number of imidazole rings is 2. The smallest absolute Gasteiger partial charge is 0.326 e. The lowest BCUT2D eigenvalue weighted by atomic mass is 10.0. The number of aliphatic carboxylic acids is 1. The Kier molecular flexibility index (Phi) is 9.62. The fourth-order valence-electron chi connectivity index (χ4n) is 4.53. The number of amides is 2. The van der Waals surface area contributed by atoms with Crippen molar-refractivity contribution in [1.82, 2.24) is 24.8 Å². The molecule has 0 radical (unpaired) electrons. The largest absolute Gasteiger partial charge is 0.480 e. The number of rotatable bonds is 13. The lowest BCUT2D eigenvalue weighted by molar-refractivity contribution is -0.688. The third-order valence-corrected chi connectivity index (χ3v) is 6.61. The minimum Gasteiger partial charge on any atom is -0.480 e. The molecule has 2 atom stereocenters. The lowest BCUT2D eigenvalue weighted by Crippen LogP contribution is -2.54. The number of carbonyl (C=O) groups excluding carboxylic acids is 2. The van der Waals surface area contributed by atoms with Crippen LogP contribution in [-0.4, -0.2) is 49.1 Å². The molecular formula is C30H37N7O4+2. The predicted octanol–water partition coefficient (Wildman–Crippen LogP) is 0.846. The average molecular weight is 560 g/mol. The number of aryl methyl sites for hydroxylation is 1. The van der Waals surface area contributed by atoms with Crippen LogP contribution in [0.25, 0.3) is 0 Å². The Balaban J connectivity index is 1.39. The maximum Gasteiger partial charge on any atom is 0.326 e. The van der Waals surface area contributed by atoms with Crippen molar-refractivity contribution in [1.29, 1.82) is 0 Å². The molecule has 0 fully saturated rings. The number of hydrogen-bond donors (Lipinski definition) is 3. The van der Waals surface area contributed by atoms with Crippen LogP contribution in [0.15, 0.2) is 86.0 Å². The summed E-state index contributed by atoms with van der Waals surface area (Å²) in [4.78, 5) is 42.5. The van der Waals surface area contributed by atoms with Gasteiger partial charge in [-0.1, -0.05) is 50.2 Å². The molecule has 3 N–H and O–H groups in total. The van der Waals surface area contributed by atoms with Gasteiger partial charge in [0.25, 0.3) is 5.91 Å². The molecule has 3 aromatic heterocycles. The average Bonchev–Trinajstić information content (AvgIpc) is 3.54. The second-order valence-electron chi connectivity index (χ2n) is 10.5. The van der Waals surface area contributed by atoms with Crippen LogP contribution in [0, 0.1) is 5.92 Å². The molecule has 4 aromatic rings. The first kappa shape index (κ1) is 29.2. The van der Waals surface area contributed by atoms with Gasteiger partial charge < -0.3 is 15.7 Å². The molecular weight excluding hydrogens is 522 g/mol. The Hall–Kier alpha value is -4.80. The molecule has 0 saturated heterocycles. The van der Waals surface area contributed by atoms with Gasteiger partial charge >= 0.3 is 5.97 Å². The molecule has 0 bridgehead atoms. The quantitative estimate of drug-likeness (QED) is 0.210. The van der Waals surface area contributed by atoms with E-state index in [9.17, 15) is 19.5 Å². The SMILES string of the molecule is CC(C)[C@H](NC(=O)[C@H](Cc1ccccc1)NC(=O)Cn1cc[n+](Cc2cccc(Cn3cc[n+](C)c3)n2)c1)C(=O)O. The summed E-state index contributed by atoms with van der Waals surface area (Å²) in [6.07, 6.45) is 11.7. The Morgan fingerprint density at radius 3 is 2.34 bits per heavy atom. The highest BCUT2D eigenvalue weighted by Gasteiger charge is 2.29. The van der Waals surface area contributed by atoms with Crippen molar-refractivity contribution in [3.8, 4) is 0 Å². The maximum atomic E-state index is 13.1. The number of carboxylic acid groups (broad SMARTS) is 1. The predicted molar refractivity (Wildman–Crippen MR) is 149 cm³/mol. The number of carbonyl (C=O) groups is 3. The summed E-state index contributed by atoms with van der Waals surface area (Å²) in [7, 11) is 1.97. The van der Waals surface area contributed by atoms with E-state index in [1.807, 2.05) is 96.0 Å². The highest BCUT2D eigenvalue weighted by atomic mass is 16.4. The van der Waals surface area contributed by atoms with Crippen LogP contribution in [0.5, 0.6) is 0 Å². The van der Waals surface area contributed by atoms with E-state index in [1.54, 1.807) is 24.6 Å². The van der Waals surface area contributed by atoms with Gasteiger partial charge in [0.15, 0.2) is 6.54 Å². The van der Waals surface area contributed by atoms with Crippen LogP contribution in [0.1, 0.15) is 30.8 Å². The molecule has 2 amide bonds. The number of nitrogens with zero attached hydrogens (tertiary/aromatic N) is 5. The molecule has 11 nitrogen and oxygen atoms in total. The standard InChI is InChI=1S/C30H35N7O4/c1-22(2)28(30(40)41)33-29(39)26(16-23-8-5-4-6-9-23)32-27(38)19-37-15-14-36(21-37)18-25-11-7-10-24(31-25)17-35-13-12-34(3)20-35/h4-15,20-22,26,28H,16-19H2,1-3H3,(H-2,32,33,38,39,40,41)/p+2/t26-,28-/m0/s1. The summed E-state index contributed by atoms with van der Waals surface area (Å²) in [5.74, 6) is -2.33. The van der Waals surface area contributed by atoms with Crippen LogP contribution in [0.2, 0.25) is 0 Å². The van der Waals surface area contributed by atoms with Crippen molar-refractivity contribution in [2.24, 2.45) is 13.0 Å². The third kappa shape index (κ3) is 8.59. The summed E-state index contributed by atoms with van der Waals surface area (Å²) < 4.78 is 7.70. The van der Waals surface area contributed by atoms with Crippen LogP contribution in [0.4, 0.5) is 0 Å². The fourth-order valence-corrected chi connectivity index (χ4v) is 4.53. The van der Waals surface area contributed by atoms with E-state index in [0.29, 0.717) is 13.1 Å². The van der Waals surface area contributed by atoms with Gasteiger partial charge in [0, 0.05) is 6.42 Å². The van der Waals surface area contributed by atoms with E-state index in [-0.39, 0.29) is 24.8 Å². The number of aromatic nitrogens is 5. The fraction of sp³-hybridized carbons (Fsp3) is 0.333. The minimum absolute atomic E-state index is 0.00375. The van der Waals surface area contributed by atoms with E-state index in [4.69, 9.17) is 4.98 Å². The molecule has 0 aliphatic heterocycles. The topological polar surface area (TPSA) is 126 Å². The summed E-state index contributed by atoms with van der Waals surface area (Å²) in [6.45, 7) is 4.64. The normalized spacial score (nSPS) is 12.6. The van der Waals surface area contributed by atoms with Gasteiger partial charge in [-0.3, -0.25) is 9.59 Å². The highest BCUT2D eigenvalue weighted by molar-refractivity contribution is 5.90. The lowest BCUT2D eigenvalue weighted by Gasteiger charge is -2.23. The molecule has 0 spiro atoms. The molecule has 214 valence electrons. The van der Waals surface area contributed by atoms with Gasteiger partial charge in [0.1, 0.15) is 50.0 Å². The molecule has 41 heavy (non-hydrogen) atoms. The molecule has 0 unspecified atom stereocenters. The molecule has 11 heteroatoms. The van der Waals surface area contributed by atoms with Gasteiger partial charge in [0.05, 0.1) is 18.4 Å². The summed E-state index contributed by atoms with van der Waals surface area (Å²) in [5, 5.41) is 14.9. The van der Waals surface area contributed by atoms with Crippen molar-refractivity contribution in [3.05, 3.63) is 103 Å². The highest BCUT2D eigenvalue weighted by Crippen LogP contribution is 2.07. The molecule has 0 aliphatic rings. The second-order valence-corrected chi connectivity index (χ2v) is 10.5. The van der Waals surface area contributed by atoms with Crippen molar-refractivity contribution >= 4 is 17.8 Å². The molecule has 0 aliphatic carbocycles. The molecule has 0 saturated carbocycles. The first-order valence-corrected chi connectivity index (χ1v) is 13.5. The number of nitrogens with one attached hydrogen (secondary N) is 2. The summed E-state index contributed by atoms with van der Waals surface area (Å²) >= 11 is 0. The molecule has 3 heterocycles. The van der Waals surface area contributed by atoms with Crippen molar-refractivity contribution in [3.63, 3.8) is 0 Å². The zero-order valence-electron chi connectivity index (χ0n) is 23.6. The second kappa shape index (κ2) is 13.5. The number of carboxylic acids is 1. The molecule has 1 aromatic carbocycles. The Morgan fingerprint density at radius 2 is 1.66 bits per heavy atom. The van der Waals surface area contributed by atoms with E-state index < -0.39 is 24.0 Å². The Morgan fingerprint density at radius 1 is 0.927 bits per heavy atom. The van der Waals surface area contributed by atoms with E-state index in [0.717, 1.165) is 17.0 Å². The monoisotopic (exact) mass is 559 g/mol. The zero-order chi connectivity index (χ0) is 29.4. The van der Waals surface area contributed by atoms with Gasteiger partial charge in [-0.25, -0.2) is 28.0 Å². The summed E-state index contributed by atoms with van der Waals surface area (Å²) in [6, 6.07) is 13.2. The van der Waals surface area contributed by atoms with Crippen LogP contribution < -0.4 is 19.8 Å². The van der Waals surface area contributed by atoms with Crippen LogP contribution >= 0.6 is 0 Å².